The molecule has 1 rings (SSSR count). The second-order valence-corrected chi connectivity index (χ2v) is 3.31. The zero-order valence-corrected chi connectivity index (χ0v) is 8.65. The molecule has 0 aliphatic carbocycles. The van der Waals surface area contributed by atoms with Crippen LogP contribution in [-0.4, -0.2) is 24.2 Å². The van der Waals surface area contributed by atoms with Crippen LogP contribution in [0.2, 0.25) is 0 Å². The smallest absolute Gasteiger partial charge is 0.371 e. The molecule has 0 amide bonds. The van der Waals surface area contributed by atoms with Gasteiger partial charge in [-0.3, -0.25) is 0 Å². The third-order valence-electron chi connectivity index (χ3n) is 2.40. The first-order valence-electron chi connectivity index (χ1n) is 4.62. The fraction of sp³-hybridized carbons (Fsp3) is 0.500. The summed E-state index contributed by atoms with van der Waals surface area (Å²) >= 11 is 0. The van der Waals surface area contributed by atoms with Crippen molar-refractivity contribution in [2.75, 3.05) is 11.9 Å². The zero-order chi connectivity index (χ0) is 10.7. The van der Waals surface area contributed by atoms with Gasteiger partial charge in [0.15, 0.2) is 5.88 Å². The highest BCUT2D eigenvalue weighted by atomic mass is 16.4. The van der Waals surface area contributed by atoms with Crippen LogP contribution in [0.3, 0.4) is 0 Å². The molecule has 0 aliphatic heterocycles. The number of carbonyl (C=O) groups is 1. The number of hydrogen-bond acceptors (Lipinski definition) is 3. The van der Waals surface area contributed by atoms with Crippen LogP contribution in [0.4, 0.5) is 5.88 Å². The summed E-state index contributed by atoms with van der Waals surface area (Å²) in [5, 5.41) is 8.66. The number of hydrogen-bond donors (Lipinski definition) is 1. The first-order valence-corrected chi connectivity index (χ1v) is 4.62. The molecule has 4 nitrogen and oxygen atoms in total. The Labute approximate surface area is 83.1 Å². The van der Waals surface area contributed by atoms with E-state index in [1.54, 1.807) is 6.07 Å². The number of carboxylic acids is 1. The van der Waals surface area contributed by atoms with Gasteiger partial charge < -0.3 is 14.4 Å². The largest absolute Gasteiger partial charge is 0.475 e. The van der Waals surface area contributed by atoms with Gasteiger partial charge >= 0.3 is 5.97 Å². The molecule has 1 aromatic rings. The number of anilines is 1. The van der Waals surface area contributed by atoms with Crippen molar-refractivity contribution >= 4 is 11.9 Å². The normalized spacial score (nSPS) is 12.5. The lowest BCUT2D eigenvalue weighted by Crippen LogP contribution is -2.27. The van der Waals surface area contributed by atoms with Crippen LogP contribution in [0.25, 0.3) is 0 Å². The third-order valence-corrected chi connectivity index (χ3v) is 2.40. The van der Waals surface area contributed by atoms with Gasteiger partial charge in [-0.25, -0.2) is 4.79 Å². The van der Waals surface area contributed by atoms with E-state index in [1.807, 2.05) is 11.9 Å². The summed E-state index contributed by atoms with van der Waals surface area (Å²) in [6.07, 6.45) is 0.986. The summed E-state index contributed by atoms with van der Waals surface area (Å²) in [5.41, 5.74) is 0. The van der Waals surface area contributed by atoms with Crippen molar-refractivity contribution in [3.63, 3.8) is 0 Å². The molecule has 1 unspecified atom stereocenters. The van der Waals surface area contributed by atoms with E-state index in [-0.39, 0.29) is 5.76 Å². The van der Waals surface area contributed by atoms with Gasteiger partial charge in [-0.2, -0.15) is 0 Å². The Bertz CT molecular complexity index is 319. The Hall–Kier alpha value is -1.45. The lowest BCUT2D eigenvalue weighted by atomic mass is 10.2. The molecule has 0 aliphatic rings. The van der Waals surface area contributed by atoms with Gasteiger partial charge in [-0.1, -0.05) is 6.92 Å². The molecule has 0 aromatic carbocycles. The van der Waals surface area contributed by atoms with Gasteiger partial charge in [0.1, 0.15) is 0 Å². The molecule has 1 atom stereocenters. The van der Waals surface area contributed by atoms with Gasteiger partial charge in [-0.05, 0) is 19.4 Å². The first kappa shape index (κ1) is 10.6. The van der Waals surface area contributed by atoms with Crippen LogP contribution in [0.1, 0.15) is 30.8 Å². The average molecular weight is 197 g/mol. The van der Waals surface area contributed by atoms with Crippen LogP contribution in [0.5, 0.6) is 0 Å². The number of aromatic carboxylic acids is 1. The van der Waals surface area contributed by atoms with E-state index < -0.39 is 5.97 Å². The molecule has 1 N–H and O–H groups in total. The van der Waals surface area contributed by atoms with E-state index >= 15 is 0 Å². The molecule has 0 bridgehead atoms. The maximum atomic E-state index is 10.6. The van der Waals surface area contributed by atoms with Crippen molar-refractivity contribution in [1.82, 2.24) is 0 Å². The standard InChI is InChI=1S/C10H15NO3/c1-4-7(2)11(3)9-6-5-8(14-9)10(12)13/h5-7H,4H2,1-3H3,(H,12,13). The Morgan fingerprint density at radius 1 is 1.64 bits per heavy atom. The van der Waals surface area contributed by atoms with Crippen LogP contribution in [0.15, 0.2) is 16.5 Å². The number of rotatable bonds is 4. The molecule has 4 heteroatoms. The van der Waals surface area contributed by atoms with Crippen molar-refractivity contribution in [2.45, 2.75) is 26.3 Å². The molecular weight excluding hydrogens is 182 g/mol. The lowest BCUT2D eigenvalue weighted by Gasteiger charge is -2.22. The molecule has 0 radical (unpaired) electrons. The monoisotopic (exact) mass is 197 g/mol. The van der Waals surface area contributed by atoms with Gasteiger partial charge in [-0.15, -0.1) is 0 Å². The molecule has 0 saturated heterocycles. The van der Waals surface area contributed by atoms with E-state index in [9.17, 15) is 4.79 Å². The van der Waals surface area contributed by atoms with Crippen LogP contribution in [-0.2, 0) is 0 Å². The quantitative estimate of drug-likeness (QED) is 0.804. The summed E-state index contributed by atoms with van der Waals surface area (Å²) in [7, 11) is 1.89. The number of furan rings is 1. The Morgan fingerprint density at radius 3 is 2.71 bits per heavy atom. The predicted molar refractivity (Wildman–Crippen MR) is 53.8 cm³/mol. The van der Waals surface area contributed by atoms with Crippen LogP contribution >= 0.6 is 0 Å². The van der Waals surface area contributed by atoms with Crippen LogP contribution in [0, 0.1) is 0 Å². The van der Waals surface area contributed by atoms with Gasteiger partial charge in [0.2, 0.25) is 5.76 Å². The Morgan fingerprint density at radius 2 is 2.29 bits per heavy atom. The number of carboxylic acid groups (broad SMARTS) is 1. The Balaban J connectivity index is 2.81. The summed E-state index contributed by atoms with van der Waals surface area (Å²) in [6, 6.07) is 3.48. The summed E-state index contributed by atoms with van der Waals surface area (Å²) in [5.74, 6) is -0.458. The molecule has 78 valence electrons. The van der Waals surface area contributed by atoms with E-state index in [1.165, 1.54) is 6.07 Å². The Kier molecular flexibility index (Phi) is 3.17. The average Bonchev–Trinajstić information content (AvgIpc) is 2.64. The highest BCUT2D eigenvalue weighted by Crippen LogP contribution is 2.19. The van der Waals surface area contributed by atoms with E-state index in [0.717, 1.165) is 6.42 Å². The SMILES string of the molecule is CCC(C)N(C)c1ccc(C(=O)O)o1. The third kappa shape index (κ3) is 2.07. The van der Waals surface area contributed by atoms with E-state index in [4.69, 9.17) is 9.52 Å². The number of nitrogens with zero attached hydrogens (tertiary/aromatic N) is 1. The lowest BCUT2D eigenvalue weighted by molar-refractivity contribution is 0.0663. The summed E-state index contributed by atoms with van der Waals surface area (Å²) < 4.78 is 5.16. The van der Waals surface area contributed by atoms with Crippen LogP contribution < -0.4 is 4.90 Å². The van der Waals surface area contributed by atoms with Gasteiger partial charge in [0.25, 0.3) is 0 Å². The molecule has 0 saturated carbocycles. The second-order valence-electron chi connectivity index (χ2n) is 3.31. The first-order chi connectivity index (χ1) is 6.56. The summed E-state index contributed by atoms with van der Waals surface area (Å²) in [6.45, 7) is 4.13. The predicted octanol–water partition coefficient (Wildman–Crippen LogP) is 2.21. The molecule has 1 heterocycles. The minimum absolute atomic E-state index is 0.0184. The van der Waals surface area contributed by atoms with Crippen molar-refractivity contribution in [1.29, 1.82) is 0 Å². The minimum atomic E-state index is -1.03. The second kappa shape index (κ2) is 4.17. The molecule has 0 spiro atoms. The fourth-order valence-electron chi connectivity index (χ4n) is 1.12. The van der Waals surface area contributed by atoms with E-state index in [0.29, 0.717) is 11.9 Å². The molecule has 0 fully saturated rings. The van der Waals surface area contributed by atoms with Crippen molar-refractivity contribution < 1.29 is 14.3 Å². The maximum Gasteiger partial charge on any atom is 0.371 e. The van der Waals surface area contributed by atoms with Gasteiger partial charge in [0, 0.05) is 19.2 Å². The molecular formula is C10H15NO3. The van der Waals surface area contributed by atoms with E-state index in [2.05, 4.69) is 13.8 Å². The van der Waals surface area contributed by atoms with Crippen molar-refractivity contribution in [2.24, 2.45) is 0 Å². The molecule has 14 heavy (non-hydrogen) atoms. The zero-order valence-electron chi connectivity index (χ0n) is 8.65. The fourth-order valence-corrected chi connectivity index (χ4v) is 1.12. The highest BCUT2D eigenvalue weighted by molar-refractivity contribution is 5.84. The van der Waals surface area contributed by atoms with Gasteiger partial charge in [0.05, 0.1) is 0 Å². The highest BCUT2D eigenvalue weighted by Gasteiger charge is 2.14. The minimum Gasteiger partial charge on any atom is -0.475 e. The molecule has 1 aromatic heterocycles. The topological polar surface area (TPSA) is 53.7 Å². The van der Waals surface area contributed by atoms with Crippen molar-refractivity contribution in [3.8, 4) is 0 Å². The van der Waals surface area contributed by atoms with Crippen molar-refractivity contribution in [3.05, 3.63) is 17.9 Å². The summed E-state index contributed by atoms with van der Waals surface area (Å²) in [4.78, 5) is 12.5. The maximum absolute atomic E-state index is 10.6.